The van der Waals surface area contributed by atoms with Crippen LogP contribution in [0.2, 0.25) is 0 Å². The molecule has 9 heteroatoms. The van der Waals surface area contributed by atoms with Crippen molar-refractivity contribution in [1.29, 1.82) is 0 Å². The van der Waals surface area contributed by atoms with Crippen LogP contribution in [0.1, 0.15) is 27.6 Å². The monoisotopic (exact) mass is 481 g/mol. The molecule has 0 spiro atoms. The Morgan fingerprint density at radius 1 is 1.00 bits per heavy atom. The molecule has 2 atom stereocenters. The molecule has 33 heavy (non-hydrogen) atoms. The van der Waals surface area contributed by atoms with E-state index in [1.54, 1.807) is 48.8 Å². The second kappa shape index (κ2) is 10.3. The van der Waals surface area contributed by atoms with E-state index in [-0.39, 0.29) is 17.2 Å². The molecule has 1 aromatic heterocycles. The zero-order chi connectivity index (χ0) is 23.3. The molecular formula is C24H24ClN5O2S. The summed E-state index contributed by atoms with van der Waals surface area (Å²) < 4.78 is 6.62. The molecule has 0 aliphatic carbocycles. The second-order valence-corrected chi connectivity index (χ2v) is 10.9. The summed E-state index contributed by atoms with van der Waals surface area (Å²) in [5.74, 6) is -0.328. The van der Waals surface area contributed by atoms with Crippen LogP contribution in [-0.4, -0.2) is 46.6 Å². The molecule has 1 amide bonds. The number of hydrogen-bond acceptors (Lipinski definition) is 6. The lowest BCUT2D eigenvalue weighted by Gasteiger charge is -2.35. The molecule has 2 heterocycles. The van der Waals surface area contributed by atoms with Crippen LogP contribution < -0.4 is 5.32 Å². The van der Waals surface area contributed by atoms with Crippen LogP contribution in [0.4, 0.5) is 0 Å². The third kappa shape index (κ3) is 5.31. The minimum absolute atomic E-state index is 0.199. The number of nitrogens with one attached hydrogen (secondary N) is 1. The summed E-state index contributed by atoms with van der Waals surface area (Å²) >= 11 is 0. The largest absolute Gasteiger partial charge is 0.306 e. The van der Waals surface area contributed by atoms with Gasteiger partial charge in [0, 0.05) is 30.1 Å². The van der Waals surface area contributed by atoms with Crippen molar-refractivity contribution in [2.24, 2.45) is 10.2 Å². The number of carbonyl (C=O) groups is 1. The Balaban J connectivity index is 1.69. The van der Waals surface area contributed by atoms with Gasteiger partial charge >= 0.3 is 0 Å². The van der Waals surface area contributed by atoms with Gasteiger partial charge in [0.15, 0.2) is 5.04 Å². The Kier molecular flexibility index (Phi) is 7.20. The number of hydrogen-bond donors (Lipinski definition) is 1. The average Bonchev–Trinajstić information content (AvgIpc) is 3.15. The number of rotatable bonds is 7. The second-order valence-electron chi connectivity index (χ2n) is 7.61. The Morgan fingerprint density at radius 2 is 1.64 bits per heavy atom. The van der Waals surface area contributed by atoms with Crippen LogP contribution in [-0.2, 0) is 4.18 Å². The number of carbonyl (C=O) groups excluding carboxylic acids is 1. The normalized spacial score (nSPS) is 20.5. The van der Waals surface area contributed by atoms with Crippen molar-refractivity contribution in [3.8, 4) is 0 Å². The van der Waals surface area contributed by atoms with E-state index in [0.717, 1.165) is 11.1 Å². The maximum absolute atomic E-state index is 12.9. The molecule has 7 nitrogen and oxygen atoms in total. The van der Waals surface area contributed by atoms with Crippen LogP contribution in [0.5, 0.6) is 0 Å². The summed E-state index contributed by atoms with van der Waals surface area (Å²) in [5.41, 5.74) is 2.19. The van der Waals surface area contributed by atoms with Gasteiger partial charge in [0.1, 0.15) is 6.10 Å². The van der Waals surface area contributed by atoms with Gasteiger partial charge in [-0.05, 0) is 54.6 Å². The minimum Gasteiger partial charge on any atom is -0.306 e. The molecule has 2 aromatic carbocycles. The van der Waals surface area contributed by atoms with Gasteiger partial charge in [0.25, 0.3) is 5.91 Å². The smallest absolute Gasteiger partial charge is 0.257 e. The quantitative estimate of drug-likeness (QED) is 0.528. The van der Waals surface area contributed by atoms with E-state index in [2.05, 4.69) is 20.5 Å². The van der Waals surface area contributed by atoms with E-state index in [0.29, 0.717) is 17.2 Å². The number of halogens is 1. The molecule has 0 radical (unpaired) electrons. The highest BCUT2D eigenvalue weighted by molar-refractivity contribution is 8.67. The first-order valence-corrected chi connectivity index (χ1v) is 12.7. The van der Waals surface area contributed by atoms with Gasteiger partial charge < -0.3 is 9.08 Å². The SMILES string of the molecule is CN(C)CC(OS1(Cl)C(NC(=O)c2ccccc2)=NN=C1c1ccncc1)c1ccccc1. The summed E-state index contributed by atoms with van der Waals surface area (Å²) in [6, 6.07) is 22.3. The van der Waals surface area contributed by atoms with Crippen LogP contribution >= 0.6 is 20.2 Å². The highest BCUT2D eigenvalue weighted by atomic mass is 35.7. The van der Waals surface area contributed by atoms with Crippen molar-refractivity contribution in [2.45, 2.75) is 6.10 Å². The van der Waals surface area contributed by atoms with Crippen molar-refractivity contribution in [2.75, 3.05) is 20.6 Å². The van der Waals surface area contributed by atoms with Gasteiger partial charge in [0.2, 0.25) is 5.17 Å². The van der Waals surface area contributed by atoms with Crippen LogP contribution in [0, 0.1) is 0 Å². The van der Waals surface area contributed by atoms with Crippen molar-refractivity contribution in [3.05, 3.63) is 102 Å². The van der Waals surface area contributed by atoms with E-state index >= 15 is 0 Å². The number of nitrogens with zero attached hydrogens (tertiary/aromatic N) is 4. The maximum atomic E-state index is 12.9. The van der Waals surface area contributed by atoms with Gasteiger partial charge in [-0.15, -0.1) is 10.2 Å². The van der Waals surface area contributed by atoms with Crippen molar-refractivity contribution in [3.63, 3.8) is 0 Å². The Bertz CT molecular complexity index is 1160. The summed E-state index contributed by atoms with van der Waals surface area (Å²) in [5, 5.41) is 12.1. The fourth-order valence-corrected chi connectivity index (χ4v) is 5.93. The fraction of sp³-hybridized carbons (Fsp3) is 0.167. The van der Waals surface area contributed by atoms with Gasteiger partial charge in [0.05, 0.1) is 9.52 Å². The average molecular weight is 482 g/mol. The van der Waals surface area contributed by atoms with Crippen molar-refractivity contribution >= 4 is 36.3 Å². The van der Waals surface area contributed by atoms with E-state index in [1.807, 2.05) is 55.4 Å². The first kappa shape index (κ1) is 23.1. The van der Waals surface area contributed by atoms with E-state index < -0.39 is 9.52 Å². The lowest BCUT2D eigenvalue weighted by molar-refractivity contribution is 0.0977. The molecule has 0 bridgehead atoms. The van der Waals surface area contributed by atoms with Crippen molar-refractivity contribution < 1.29 is 8.98 Å². The molecule has 1 N–H and O–H groups in total. The number of amides is 1. The number of aromatic nitrogens is 1. The van der Waals surface area contributed by atoms with Crippen LogP contribution in [0.25, 0.3) is 0 Å². The third-order valence-corrected chi connectivity index (χ3v) is 7.95. The van der Waals surface area contributed by atoms with Gasteiger partial charge in [-0.3, -0.25) is 15.1 Å². The zero-order valence-electron chi connectivity index (χ0n) is 18.3. The molecule has 0 fully saturated rings. The number of amidine groups is 1. The van der Waals surface area contributed by atoms with Gasteiger partial charge in [-0.25, -0.2) is 0 Å². The fourth-order valence-electron chi connectivity index (χ4n) is 3.28. The standard InChI is InChI=1S/C24H24ClN5O2S/c1-30(2)17-21(18-9-5-3-6-10-18)32-33(25)23(20-13-15-26-16-14-20)28-29-24(33)27-22(31)19-11-7-4-8-12-19/h3-16,21H,17H2,1-2H3,(H,27,29,31). The van der Waals surface area contributed by atoms with E-state index in [9.17, 15) is 4.79 Å². The summed E-state index contributed by atoms with van der Waals surface area (Å²) in [4.78, 5) is 19.0. The van der Waals surface area contributed by atoms with Crippen LogP contribution in [0.15, 0.2) is 95.4 Å². The molecule has 3 aromatic rings. The topological polar surface area (TPSA) is 79.2 Å². The Hall–Kier alpha value is -3.04. The molecule has 0 saturated heterocycles. The molecule has 1 aliphatic rings. The number of benzene rings is 2. The molecule has 2 unspecified atom stereocenters. The lowest BCUT2D eigenvalue weighted by atomic mass is 10.1. The first-order valence-electron chi connectivity index (χ1n) is 10.3. The summed E-state index contributed by atoms with van der Waals surface area (Å²) in [6.45, 7) is 0.578. The zero-order valence-corrected chi connectivity index (χ0v) is 19.8. The van der Waals surface area contributed by atoms with E-state index in [4.69, 9.17) is 14.9 Å². The molecule has 170 valence electrons. The number of pyridine rings is 1. The first-order chi connectivity index (χ1) is 16.0. The molecule has 4 rings (SSSR count). The summed E-state index contributed by atoms with van der Waals surface area (Å²) in [7, 11) is 8.43. The number of likely N-dealkylation sites (N-methyl/N-ethyl adjacent to an activating group) is 1. The molecule has 1 aliphatic heterocycles. The van der Waals surface area contributed by atoms with Crippen LogP contribution in [0.3, 0.4) is 0 Å². The third-order valence-electron chi connectivity index (χ3n) is 4.86. The highest BCUT2D eigenvalue weighted by Crippen LogP contribution is 2.62. The minimum atomic E-state index is -2.75. The predicted molar refractivity (Wildman–Crippen MR) is 134 cm³/mol. The molecule has 0 saturated carbocycles. The molecular weight excluding hydrogens is 458 g/mol. The lowest BCUT2D eigenvalue weighted by Crippen LogP contribution is -2.35. The summed E-state index contributed by atoms with van der Waals surface area (Å²) in [6.07, 6.45) is 2.94. The van der Waals surface area contributed by atoms with Gasteiger partial charge in [-0.2, -0.15) is 0 Å². The van der Waals surface area contributed by atoms with Gasteiger partial charge in [-0.1, -0.05) is 48.5 Å². The van der Waals surface area contributed by atoms with Crippen molar-refractivity contribution in [1.82, 2.24) is 15.2 Å². The Morgan fingerprint density at radius 3 is 2.27 bits per heavy atom. The maximum Gasteiger partial charge on any atom is 0.257 e. The predicted octanol–water partition coefficient (Wildman–Crippen LogP) is 4.74. The van der Waals surface area contributed by atoms with E-state index in [1.165, 1.54) is 0 Å². The Labute approximate surface area is 199 Å². The highest BCUT2D eigenvalue weighted by Gasteiger charge is 2.44.